The smallest absolute Gasteiger partial charge is 0.277 e. The van der Waals surface area contributed by atoms with Gasteiger partial charge in [0.2, 0.25) is 0 Å². The number of piperidine rings is 1. The summed E-state index contributed by atoms with van der Waals surface area (Å²) in [6.07, 6.45) is 4.06. The van der Waals surface area contributed by atoms with Crippen LogP contribution in [0.15, 0.2) is 18.3 Å². The molecule has 1 atom stereocenters. The van der Waals surface area contributed by atoms with Crippen LogP contribution in [-0.4, -0.2) is 39.0 Å². The zero-order valence-corrected chi connectivity index (χ0v) is 17.8. The molecule has 11 heteroatoms. The van der Waals surface area contributed by atoms with E-state index in [4.69, 9.17) is 5.73 Å². The highest BCUT2D eigenvalue weighted by Crippen LogP contribution is 2.29. The summed E-state index contributed by atoms with van der Waals surface area (Å²) in [4.78, 5) is 16.8. The molecule has 1 amide bonds. The highest BCUT2D eigenvalue weighted by Gasteiger charge is 2.17. The van der Waals surface area contributed by atoms with E-state index >= 15 is 0 Å². The highest BCUT2D eigenvalue weighted by molar-refractivity contribution is 7.22. The van der Waals surface area contributed by atoms with Crippen molar-refractivity contribution in [2.24, 2.45) is 5.92 Å². The fourth-order valence-corrected chi connectivity index (χ4v) is 4.17. The molecule has 1 unspecified atom stereocenters. The summed E-state index contributed by atoms with van der Waals surface area (Å²) in [7, 11) is 0. The number of rotatable bonds is 4. The first-order valence-electron chi connectivity index (χ1n) is 8.67. The molecule has 3 heterocycles. The van der Waals surface area contributed by atoms with Crippen LogP contribution in [0.25, 0.3) is 10.2 Å². The Bertz CT molecular complexity index is 952. The number of nitrogens with zero attached hydrogens (tertiary/aromatic N) is 4. The summed E-state index contributed by atoms with van der Waals surface area (Å²) < 4.78 is 2.71. The zero-order chi connectivity index (χ0) is 18.1. The predicted molar refractivity (Wildman–Crippen MR) is 117 cm³/mol. The normalized spacial score (nSPS) is 16.2. The Morgan fingerprint density at radius 2 is 2.25 bits per heavy atom. The molecule has 28 heavy (non-hydrogen) atoms. The Morgan fingerprint density at radius 3 is 3.00 bits per heavy atom. The molecule has 0 saturated carbocycles. The minimum atomic E-state index is -0.269. The number of aryl methyl sites for hydroxylation is 1. The minimum Gasteiger partial charge on any atom is -0.375 e. The number of thiazole rings is 1. The van der Waals surface area contributed by atoms with E-state index in [1.165, 1.54) is 24.2 Å². The lowest BCUT2D eigenvalue weighted by Crippen LogP contribution is -2.32. The largest absolute Gasteiger partial charge is 0.375 e. The van der Waals surface area contributed by atoms with Gasteiger partial charge in [0, 0.05) is 12.2 Å². The molecule has 1 aliphatic rings. The average Bonchev–Trinajstić information content (AvgIpc) is 3.22. The number of hydrogen-bond donors (Lipinski definition) is 3. The van der Waals surface area contributed by atoms with Gasteiger partial charge in [-0.2, -0.15) is 0 Å². The number of nitrogens with one attached hydrogen (secondary N) is 2. The van der Waals surface area contributed by atoms with Crippen molar-refractivity contribution in [2.75, 3.05) is 24.1 Å². The predicted octanol–water partition coefficient (Wildman–Crippen LogP) is 2.87. The van der Waals surface area contributed by atoms with Crippen molar-refractivity contribution in [3.8, 4) is 0 Å². The summed E-state index contributed by atoms with van der Waals surface area (Å²) in [6.45, 7) is 4.79. The molecule has 0 spiro atoms. The van der Waals surface area contributed by atoms with Gasteiger partial charge in [-0.15, -0.1) is 29.9 Å². The number of fused-ring (bicyclic) bond motifs is 1. The fraction of sp³-hybridized carbons (Fsp3) is 0.412. The van der Waals surface area contributed by atoms with Crippen molar-refractivity contribution in [3.05, 3.63) is 29.6 Å². The average molecular weight is 444 g/mol. The van der Waals surface area contributed by atoms with Crippen LogP contribution in [0.1, 0.15) is 28.9 Å². The van der Waals surface area contributed by atoms with Gasteiger partial charge in [0.05, 0.1) is 16.4 Å². The number of carbonyl (C=O) groups excluding carboxylic acids is 1. The molecule has 0 aliphatic carbocycles. The Morgan fingerprint density at radius 1 is 1.43 bits per heavy atom. The lowest BCUT2D eigenvalue weighted by molar-refractivity contribution is 0.102. The summed E-state index contributed by atoms with van der Waals surface area (Å²) >= 11 is 1.40. The van der Waals surface area contributed by atoms with Crippen molar-refractivity contribution in [3.63, 3.8) is 0 Å². The van der Waals surface area contributed by atoms with Crippen LogP contribution in [0.2, 0.25) is 0 Å². The van der Waals surface area contributed by atoms with Gasteiger partial charge in [-0.3, -0.25) is 9.48 Å². The molecule has 3 aromatic rings. The van der Waals surface area contributed by atoms with Crippen molar-refractivity contribution >= 4 is 63.1 Å². The number of aromatic nitrogens is 4. The molecule has 8 nitrogen and oxygen atoms in total. The lowest BCUT2D eigenvalue weighted by Gasteiger charge is -2.22. The first-order chi connectivity index (χ1) is 12.6. The first-order valence-corrected chi connectivity index (χ1v) is 9.49. The quantitative estimate of drug-likeness (QED) is 0.571. The summed E-state index contributed by atoms with van der Waals surface area (Å²) in [5, 5.41) is 14.9. The van der Waals surface area contributed by atoms with Crippen molar-refractivity contribution in [1.29, 1.82) is 0 Å². The first kappa shape index (κ1) is 22.4. The van der Waals surface area contributed by atoms with E-state index in [1.54, 1.807) is 10.9 Å². The molecular weight excluding hydrogens is 421 g/mol. The molecule has 1 aliphatic heterocycles. The maximum Gasteiger partial charge on any atom is 0.277 e. The van der Waals surface area contributed by atoms with Gasteiger partial charge in [-0.25, -0.2) is 4.98 Å². The van der Waals surface area contributed by atoms with Crippen LogP contribution in [0, 0.1) is 12.8 Å². The lowest BCUT2D eigenvalue weighted by atomic mass is 10.00. The van der Waals surface area contributed by atoms with Crippen molar-refractivity contribution in [2.45, 2.75) is 26.3 Å². The van der Waals surface area contributed by atoms with Gasteiger partial charge in [0.1, 0.15) is 0 Å². The number of halogens is 2. The minimum absolute atomic E-state index is 0. The number of benzene rings is 1. The molecule has 1 fully saturated rings. The van der Waals surface area contributed by atoms with E-state index in [-0.39, 0.29) is 30.7 Å². The van der Waals surface area contributed by atoms with E-state index in [0.29, 0.717) is 22.4 Å². The van der Waals surface area contributed by atoms with E-state index in [9.17, 15) is 4.79 Å². The summed E-state index contributed by atoms with van der Waals surface area (Å²) in [5.74, 6) is 0.262. The van der Waals surface area contributed by atoms with Crippen LogP contribution in [0.4, 0.5) is 10.8 Å². The Hall–Kier alpha value is -1.94. The Balaban J connectivity index is 0.00000140. The van der Waals surface area contributed by atoms with Crippen molar-refractivity contribution in [1.82, 2.24) is 25.3 Å². The topological polar surface area (TPSA) is 111 Å². The molecule has 2 aromatic heterocycles. The van der Waals surface area contributed by atoms with Gasteiger partial charge in [-0.05, 0) is 56.5 Å². The molecule has 0 bridgehead atoms. The number of nitrogen functional groups attached to an aromatic ring is 1. The summed E-state index contributed by atoms with van der Waals surface area (Å²) in [5.41, 5.74) is 8.64. The van der Waals surface area contributed by atoms with E-state index in [0.717, 1.165) is 35.4 Å². The second-order valence-corrected chi connectivity index (χ2v) is 7.75. The van der Waals surface area contributed by atoms with Crippen molar-refractivity contribution < 1.29 is 4.79 Å². The SMILES string of the molecule is Cc1cc(NC(=O)c2cn(CC3CCCNC3)nn2)cc2sc(N)nc12.Cl.Cl. The third kappa shape index (κ3) is 4.91. The number of carbonyl (C=O) groups is 1. The third-order valence-corrected chi connectivity index (χ3v) is 5.41. The molecule has 4 rings (SSSR count). The highest BCUT2D eigenvalue weighted by atomic mass is 35.5. The van der Waals surface area contributed by atoms with Crippen LogP contribution >= 0.6 is 36.2 Å². The van der Waals surface area contributed by atoms with Crippen LogP contribution < -0.4 is 16.4 Å². The molecular formula is C17H23Cl2N7OS. The number of hydrogen-bond acceptors (Lipinski definition) is 7. The molecule has 1 aromatic carbocycles. The van der Waals surface area contributed by atoms with Crippen LogP contribution in [-0.2, 0) is 6.54 Å². The zero-order valence-electron chi connectivity index (χ0n) is 15.3. The Kier molecular flexibility index (Phi) is 7.59. The van der Waals surface area contributed by atoms with Crippen LogP contribution in [0.3, 0.4) is 0 Å². The second-order valence-electron chi connectivity index (χ2n) is 6.68. The number of nitrogens with two attached hydrogens (primary N) is 1. The van der Waals surface area contributed by atoms with E-state index in [2.05, 4.69) is 25.9 Å². The van der Waals surface area contributed by atoms with Gasteiger partial charge >= 0.3 is 0 Å². The maximum atomic E-state index is 12.5. The molecule has 152 valence electrons. The van der Waals surface area contributed by atoms with Crippen LogP contribution in [0.5, 0.6) is 0 Å². The second kappa shape index (κ2) is 9.51. The maximum absolute atomic E-state index is 12.5. The molecule has 1 saturated heterocycles. The Labute approximate surface area is 179 Å². The van der Waals surface area contributed by atoms with E-state index in [1.807, 2.05) is 19.1 Å². The third-order valence-electron chi connectivity index (χ3n) is 4.58. The molecule has 0 radical (unpaired) electrons. The standard InChI is InChI=1S/C17H21N7OS.2ClH/c1-10-5-12(6-14-15(10)21-17(18)26-14)20-16(25)13-9-24(23-22-13)8-11-3-2-4-19-7-11;;/h5-6,9,11,19H,2-4,7-8H2,1H3,(H2,18,21)(H,20,25);2*1H. The monoisotopic (exact) mass is 443 g/mol. The fourth-order valence-electron chi connectivity index (χ4n) is 3.32. The molecule has 4 N–H and O–H groups in total. The number of anilines is 2. The van der Waals surface area contributed by atoms with Gasteiger partial charge in [-0.1, -0.05) is 16.6 Å². The van der Waals surface area contributed by atoms with Gasteiger partial charge < -0.3 is 16.4 Å². The van der Waals surface area contributed by atoms with Gasteiger partial charge in [0.25, 0.3) is 5.91 Å². The number of amides is 1. The van der Waals surface area contributed by atoms with Gasteiger partial charge in [0.15, 0.2) is 10.8 Å². The summed E-state index contributed by atoms with van der Waals surface area (Å²) in [6, 6.07) is 3.77. The van der Waals surface area contributed by atoms with E-state index < -0.39 is 0 Å².